The lowest BCUT2D eigenvalue weighted by molar-refractivity contribution is 0.0708. The number of likely N-dealkylation sites (tertiary alicyclic amines) is 1. The summed E-state index contributed by atoms with van der Waals surface area (Å²) in [6.07, 6.45) is 5.74. The van der Waals surface area contributed by atoms with Crippen molar-refractivity contribution in [3.05, 3.63) is 29.3 Å². The lowest BCUT2D eigenvalue weighted by Crippen LogP contribution is -2.45. The van der Waals surface area contributed by atoms with Crippen molar-refractivity contribution in [3.8, 4) is 17.3 Å². The van der Waals surface area contributed by atoms with Crippen LogP contribution in [0, 0.1) is 5.92 Å². The smallest absolute Gasteiger partial charge is 0.254 e. The van der Waals surface area contributed by atoms with Crippen molar-refractivity contribution >= 4 is 51.0 Å². The van der Waals surface area contributed by atoms with Crippen molar-refractivity contribution in [1.82, 2.24) is 24.0 Å². The van der Waals surface area contributed by atoms with Crippen LogP contribution in [0.5, 0.6) is 5.75 Å². The molecule has 1 amide bonds. The number of nitrogens with zero attached hydrogens (tertiary/aromatic N) is 5. The van der Waals surface area contributed by atoms with Crippen LogP contribution in [0.3, 0.4) is 0 Å². The second kappa shape index (κ2) is 9.44. The Labute approximate surface area is 214 Å². The molecule has 1 aromatic carbocycles. The molecule has 35 heavy (non-hydrogen) atoms. The maximum atomic E-state index is 13.3. The summed E-state index contributed by atoms with van der Waals surface area (Å²) in [6, 6.07) is 5.96. The Hall–Kier alpha value is -2.62. The van der Waals surface area contributed by atoms with E-state index in [1.165, 1.54) is 24.0 Å². The average molecular weight is 515 g/mol. The van der Waals surface area contributed by atoms with Gasteiger partial charge >= 0.3 is 0 Å². The van der Waals surface area contributed by atoms with Crippen LogP contribution < -0.4 is 10.5 Å². The maximum Gasteiger partial charge on any atom is 0.254 e. The van der Waals surface area contributed by atoms with Gasteiger partial charge in [0.2, 0.25) is 0 Å². The molecule has 186 valence electrons. The third-order valence-electron chi connectivity index (χ3n) is 7.43. The number of hydrogen-bond acceptors (Lipinski definition) is 6. The number of halogens is 1. The molecule has 0 spiro atoms. The SMILES string of the molecule is COc1cc(C(=O)N2CCCC(N)C2)cc2nc(-c3cc4scnc4n3CC3CCC3)n(C)c12.Cl. The quantitative estimate of drug-likeness (QED) is 0.425. The van der Waals surface area contributed by atoms with Crippen molar-refractivity contribution in [2.45, 2.75) is 44.7 Å². The zero-order valence-corrected chi connectivity index (χ0v) is 21.7. The van der Waals surface area contributed by atoms with Gasteiger partial charge in [0, 0.05) is 38.3 Å². The largest absolute Gasteiger partial charge is 0.494 e. The fourth-order valence-corrected chi connectivity index (χ4v) is 6.08. The van der Waals surface area contributed by atoms with Crippen LogP contribution in [0.25, 0.3) is 32.9 Å². The first-order chi connectivity index (χ1) is 16.5. The van der Waals surface area contributed by atoms with Gasteiger partial charge in [0.05, 0.1) is 28.5 Å². The first-order valence-electron chi connectivity index (χ1n) is 12.1. The number of nitrogens with two attached hydrogens (primary N) is 1. The minimum Gasteiger partial charge on any atom is -0.494 e. The van der Waals surface area contributed by atoms with Gasteiger partial charge in [0.25, 0.3) is 5.91 Å². The van der Waals surface area contributed by atoms with E-state index in [1.54, 1.807) is 18.4 Å². The number of rotatable bonds is 5. The van der Waals surface area contributed by atoms with Crippen molar-refractivity contribution in [1.29, 1.82) is 0 Å². The number of imidazole rings is 1. The van der Waals surface area contributed by atoms with Gasteiger partial charge in [-0.25, -0.2) is 9.97 Å². The molecule has 2 fully saturated rings. The molecule has 1 unspecified atom stereocenters. The summed E-state index contributed by atoms with van der Waals surface area (Å²) in [5.41, 5.74) is 12.4. The summed E-state index contributed by atoms with van der Waals surface area (Å²) < 4.78 is 11.3. The summed E-state index contributed by atoms with van der Waals surface area (Å²) in [5, 5.41) is 0. The molecule has 2 aliphatic rings. The normalized spacial score (nSPS) is 18.6. The van der Waals surface area contributed by atoms with Gasteiger partial charge in [-0.05, 0) is 49.8 Å². The summed E-state index contributed by atoms with van der Waals surface area (Å²) in [7, 11) is 3.66. The van der Waals surface area contributed by atoms with Gasteiger partial charge in [-0.2, -0.15) is 0 Å². The van der Waals surface area contributed by atoms with Crippen molar-refractivity contribution in [3.63, 3.8) is 0 Å². The standard InChI is InChI=1S/C25H30N6O2S.ClH/c1-29-22-18(9-16(10-20(22)33-2)25(32)30-8-4-7-17(26)13-30)28-23(29)19-11-21-24(27-14-34-21)31(19)12-15-5-3-6-15;/h9-11,14-15,17H,3-8,12-13,26H2,1-2H3;1H. The fourth-order valence-electron chi connectivity index (χ4n) is 5.37. The molecule has 1 aliphatic carbocycles. The molecule has 4 aromatic rings. The Morgan fingerprint density at radius 2 is 2.06 bits per heavy atom. The molecule has 1 saturated heterocycles. The highest BCUT2D eigenvalue weighted by atomic mass is 35.5. The zero-order chi connectivity index (χ0) is 23.4. The van der Waals surface area contributed by atoms with Crippen molar-refractivity contribution in [2.75, 3.05) is 20.2 Å². The second-order valence-corrected chi connectivity index (χ2v) is 10.6. The monoisotopic (exact) mass is 514 g/mol. The lowest BCUT2D eigenvalue weighted by atomic mass is 9.85. The summed E-state index contributed by atoms with van der Waals surface area (Å²) >= 11 is 1.66. The highest BCUT2D eigenvalue weighted by Crippen LogP contribution is 2.37. The predicted octanol–water partition coefficient (Wildman–Crippen LogP) is 4.45. The van der Waals surface area contributed by atoms with E-state index >= 15 is 0 Å². The Kier molecular flexibility index (Phi) is 6.50. The number of amides is 1. The number of piperidine rings is 1. The Balaban J connectivity index is 0.00000253. The van der Waals surface area contributed by atoms with Gasteiger partial charge in [-0.1, -0.05) is 6.42 Å². The van der Waals surface area contributed by atoms with Crippen LogP contribution in [-0.4, -0.2) is 56.2 Å². The number of aromatic nitrogens is 4. The molecule has 0 bridgehead atoms. The number of methoxy groups -OCH3 is 1. The number of benzene rings is 1. The Bertz CT molecular complexity index is 1390. The van der Waals surface area contributed by atoms with Crippen LogP contribution in [0.15, 0.2) is 23.7 Å². The molecule has 4 heterocycles. The number of carbonyl (C=O) groups excluding carboxylic acids is 1. The highest BCUT2D eigenvalue weighted by Gasteiger charge is 2.27. The fraction of sp³-hybridized carbons (Fsp3) is 0.480. The number of fused-ring (bicyclic) bond motifs is 2. The maximum absolute atomic E-state index is 13.3. The van der Waals surface area contributed by atoms with Crippen LogP contribution >= 0.6 is 23.7 Å². The van der Waals surface area contributed by atoms with Crippen molar-refractivity contribution in [2.24, 2.45) is 18.7 Å². The Morgan fingerprint density at radius 3 is 2.77 bits per heavy atom. The van der Waals surface area contributed by atoms with Gasteiger partial charge in [0.15, 0.2) is 11.5 Å². The van der Waals surface area contributed by atoms with E-state index in [4.69, 9.17) is 15.5 Å². The lowest BCUT2D eigenvalue weighted by Gasteiger charge is -2.30. The number of aryl methyl sites for hydroxylation is 1. The number of ether oxygens (including phenoxy) is 1. The van der Waals surface area contributed by atoms with Crippen LogP contribution in [0.1, 0.15) is 42.5 Å². The molecule has 1 aliphatic heterocycles. The van der Waals surface area contributed by atoms with Gasteiger partial charge in [-0.3, -0.25) is 4.79 Å². The van der Waals surface area contributed by atoms with E-state index in [0.29, 0.717) is 23.8 Å². The summed E-state index contributed by atoms with van der Waals surface area (Å²) in [6.45, 7) is 2.28. The molecular formula is C25H31ClN6O2S. The Morgan fingerprint density at radius 1 is 1.23 bits per heavy atom. The molecule has 0 radical (unpaired) electrons. The van der Waals surface area contributed by atoms with Crippen LogP contribution in [0.4, 0.5) is 0 Å². The number of hydrogen-bond donors (Lipinski definition) is 1. The predicted molar refractivity (Wildman–Crippen MR) is 142 cm³/mol. The van der Waals surface area contributed by atoms with E-state index in [0.717, 1.165) is 54.1 Å². The van der Waals surface area contributed by atoms with Gasteiger partial charge < -0.3 is 24.5 Å². The molecular weight excluding hydrogens is 484 g/mol. The highest BCUT2D eigenvalue weighted by molar-refractivity contribution is 7.16. The summed E-state index contributed by atoms with van der Waals surface area (Å²) in [5.74, 6) is 2.20. The zero-order valence-electron chi connectivity index (χ0n) is 20.1. The number of carbonyl (C=O) groups is 1. The van der Waals surface area contributed by atoms with E-state index in [-0.39, 0.29) is 24.4 Å². The van der Waals surface area contributed by atoms with E-state index < -0.39 is 0 Å². The topological polar surface area (TPSA) is 91.2 Å². The van der Waals surface area contributed by atoms with Gasteiger partial charge in [0.1, 0.15) is 11.3 Å². The van der Waals surface area contributed by atoms with E-state index in [9.17, 15) is 4.79 Å². The molecule has 1 atom stereocenters. The second-order valence-electron chi connectivity index (χ2n) is 9.67. The van der Waals surface area contributed by atoms with E-state index in [2.05, 4.69) is 20.2 Å². The average Bonchev–Trinajstić information content (AvgIpc) is 3.48. The van der Waals surface area contributed by atoms with Crippen LogP contribution in [0.2, 0.25) is 0 Å². The first kappa shape index (κ1) is 24.1. The van der Waals surface area contributed by atoms with Gasteiger partial charge in [-0.15, -0.1) is 23.7 Å². The minimum atomic E-state index is -0.0133. The molecule has 3 aromatic heterocycles. The van der Waals surface area contributed by atoms with E-state index in [1.807, 2.05) is 29.6 Å². The first-order valence-corrected chi connectivity index (χ1v) is 12.9. The molecule has 2 N–H and O–H groups in total. The molecule has 8 nitrogen and oxygen atoms in total. The van der Waals surface area contributed by atoms with Crippen LogP contribution in [-0.2, 0) is 13.6 Å². The third-order valence-corrected chi connectivity index (χ3v) is 8.20. The molecule has 1 saturated carbocycles. The molecule has 6 rings (SSSR count). The van der Waals surface area contributed by atoms with Crippen molar-refractivity contribution < 1.29 is 9.53 Å². The molecule has 10 heteroatoms. The third kappa shape index (κ3) is 4.09. The summed E-state index contributed by atoms with van der Waals surface area (Å²) in [4.78, 5) is 24.8. The minimum absolute atomic E-state index is 0. The number of thiazole rings is 1.